The number of hydrogen-bond acceptors (Lipinski definition) is 1. The molecule has 0 aliphatic carbocycles. The molecule has 0 aromatic heterocycles. The Labute approximate surface area is 71.5 Å². The number of methoxy groups -OCH3 is 1. The molecule has 0 unspecified atom stereocenters. The van der Waals surface area contributed by atoms with Crippen molar-refractivity contribution in [2.75, 3.05) is 7.11 Å². The fourth-order valence-electron chi connectivity index (χ4n) is 1.04. The molecule has 12 heavy (non-hydrogen) atoms. The molecule has 0 fully saturated rings. The minimum absolute atomic E-state index is 0.251. The number of hydrogen-bond donors (Lipinski definition) is 0. The molecule has 0 heterocycles. The summed E-state index contributed by atoms with van der Waals surface area (Å²) in [6.07, 6.45) is 1.61. The lowest BCUT2D eigenvalue weighted by molar-refractivity contribution is 0.184. The van der Waals surface area contributed by atoms with Gasteiger partial charge in [0.25, 0.3) is 0 Å². The van der Waals surface area contributed by atoms with Crippen LogP contribution in [0.4, 0.5) is 4.39 Å². The van der Waals surface area contributed by atoms with Crippen molar-refractivity contribution in [3.8, 4) is 0 Å². The van der Waals surface area contributed by atoms with Gasteiger partial charge in [0.15, 0.2) is 0 Å². The second kappa shape index (κ2) is 4.02. The van der Waals surface area contributed by atoms with E-state index in [-0.39, 0.29) is 5.82 Å². The molecule has 0 spiro atoms. The Morgan fingerprint density at radius 2 is 2.25 bits per heavy atom. The van der Waals surface area contributed by atoms with Crippen LogP contribution in [0.15, 0.2) is 24.8 Å². The molecule has 1 nitrogen and oxygen atoms in total. The third-order valence-corrected chi connectivity index (χ3v) is 1.53. The zero-order valence-electron chi connectivity index (χ0n) is 7.01. The van der Waals surface area contributed by atoms with E-state index >= 15 is 0 Å². The van der Waals surface area contributed by atoms with Gasteiger partial charge < -0.3 is 4.74 Å². The van der Waals surface area contributed by atoms with Crippen LogP contribution >= 0.6 is 0 Å². The molecule has 0 saturated heterocycles. The average molecular weight is 166 g/mol. The van der Waals surface area contributed by atoms with Crippen LogP contribution in [0.1, 0.15) is 11.1 Å². The molecule has 1 rings (SSSR count). The van der Waals surface area contributed by atoms with E-state index in [1.165, 1.54) is 12.1 Å². The lowest BCUT2D eigenvalue weighted by Crippen LogP contribution is -1.89. The summed E-state index contributed by atoms with van der Waals surface area (Å²) in [4.78, 5) is 0. The molecule has 64 valence electrons. The van der Waals surface area contributed by atoms with Crippen LogP contribution in [-0.4, -0.2) is 7.11 Å². The molecule has 0 aliphatic rings. The van der Waals surface area contributed by atoms with Crippen LogP contribution in [0.2, 0.25) is 0 Å². The summed E-state index contributed by atoms with van der Waals surface area (Å²) >= 11 is 0. The quantitative estimate of drug-likeness (QED) is 0.670. The van der Waals surface area contributed by atoms with E-state index in [1.54, 1.807) is 13.2 Å². The van der Waals surface area contributed by atoms with Crippen molar-refractivity contribution in [1.29, 1.82) is 0 Å². The molecule has 2 heteroatoms. The third-order valence-electron chi connectivity index (χ3n) is 1.53. The van der Waals surface area contributed by atoms with Gasteiger partial charge in [-0.2, -0.15) is 0 Å². The summed E-state index contributed by atoms with van der Waals surface area (Å²) in [5, 5.41) is 0. The first-order chi connectivity index (χ1) is 5.76. The molecule has 0 N–H and O–H groups in total. The normalized spacial score (nSPS) is 9.83. The summed E-state index contributed by atoms with van der Waals surface area (Å²) < 4.78 is 17.7. The summed E-state index contributed by atoms with van der Waals surface area (Å²) in [5.74, 6) is -0.251. The van der Waals surface area contributed by atoms with E-state index in [1.807, 2.05) is 6.07 Å². The molecule has 1 aromatic rings. The van der Waals surface area contributed by atoms with E-state index in [9.17, 15) is 4.39 Å². The van der Waals surface area contributed by atoms with Crippen molar-refractivity contribution < 1.29 is 9.13 Å². The molecule has 0 radical (unpaired) electrons. The van der Waals surface area contributed by atoms with Crippen LogP contribution < -0.4 is 0 Å². The Balaban J connectivity index is 2.97. The average Bonchev–Trinajstić information content (AvgIpc) is 2.04. The summed E-state index contributed by atoms with van der Waals surface area (Å²) in [6.45, 7) is 3.99. The molecule has 1 aromatic carbocycles. The second-order valence-electron chi connectivity index (χ2n) is 2.53. The molecule has 0 aliphatic heterocycles. The maximum atomic E-state index is 12.8. The fourth-order valence-corrected chi connectivity index (χ4v) is 1.04. The van der Waals surface area contributed by atoms with Crippen molar-refractivity contribution in [2.45, 2.75) is 6.61 Å². The fraction of sp³-hybridized carbons (Fsp3) is 0.200. The highest BCUT2D eigenvalue weighted by Gasteiger charge is 1.97. The Hall–Kier alpha value is -1.15. The SMILES string of the molecule is C=Cc1cc(F)cc(COC)c1. The van der Waals surface area contributed by atoms with Crippen LogP contribution in [-0.2, 0) is 11.3 Å². The first-order valence-electron chi connectivity index (χ1n) is 3.67. The minimum atomic E-state index is -0.251. The Morgan fingerprint density at radius 1 is 1.50 bits per heavy atom. The predicted molar refractivity (Wildman–Crippen MR) is 47.2 cm³/mol. The third kappa shape index (κ3) is 2.17. The lowest BCUT2D eigenvalue weighted by atomic mass is 10.1. The zero-order chi connectivity index (χ0) is 8.97. The summed E-state index contributed by atoms with van der Waals surface area (Å²) in [7, 11) is 1.58. The smallest absolute Gasteiger partial charge is 0.124 e. The molecule has 0 amide bonds. The highest BCUT2D eigenvalue weighted by molar-refractivity contribution is 5.48. The number of benzene rings is 1. The number of ether oxygens (including phenoxy) is 1. The van der Waals surface area contributed by atoms with Gasteiger partial charge in [-0.25, -0.2) is 4.39 Å². The van der Waals surface area contributed by atoms with Gasteiger partial charge in [-0.05, 0) is 29.3 Å². The minimum Gasteiger partial charge on any atom is -0.380 e. The van der Waals surface area contributed by atoms with Crippen molar-refractivity contribution in [3.63, 3.8) is 0 Å². The van der Waals surface area contributed by atoms with Gasteiger partial charge in [-0.3, -0.25) is 0 Å². The summed E-state index contributed by atoms with van der Waals surface area (Å²) in [5.41, 5.74) is 1.61. The molecule has 0 atom stereocenters. The maximum absolute atomic E-state index is 12.8. The van der Waals surface area contributed by atoms with Gasteiger partial charge in [-0.15, -0.1) is 0 Å². The van der Waals surface area contributed by atoms with Gasteiger partial charge in [0.1, 0.15) is 5.82 Å². The number of halogens is 1. The van der Waals surface area contributed by atoms with Gasteiger partial charge in [-0.1, -0.05) is 12.7 Å². The molecular formula is C10H11FO. The van der Waals surface area contributed by atoms with E-state index in [4.69, 9.17) is 4.74 Å². The largest absolute Gasteiger partial charge is 0.380 e. The van der Waals surface area contributed by atoms with Gasteiger partial charge in [0.05, 0.1) is 6.61 Å². The van der Waals surface area contributed by atoms with Crippen molar-refractivity contribution in [2.24, 2.45) is 0 Å². The van der Waals surface area contributed by atoms with Crippen LogP contribution in [0.3, 0.4) is 0 Å². The Kier molecular flexibility index (Phi) is 3.00. The van der Waals surface area contributed by atoms with Gasteiger partial charge in [0.2, 0.25) is 0 Å². The van der Waals surface area contributed by atoms with E-state index in [0.717, 1.165) is 11.1 Å². The first-order valence-corrected chi connectivity index (χ1v) is 3.67. The van der Waals surface area contributed by atoms with E-state index in [2.05, 4.69) is 6.58 Å². The molecule has 0 saturated carbocycles. The predicted octanol–water partition coefficient (Wildman–Crippen LogP) is 2.62. The summed E-state index contributed by atoms with van der Waals surface area (Å²) in [6, 6.07) is 4.74. The zero-order valence-corrected chi connectivity index (χ0v) is 7.01. The topological polar surface area (TPSA) is 9.23 Å². The molecular weight excluding hydrogens is 155 g/mol. The van der Waals surface area contributed by atoms with Crippen molar-refractivity contribution in [3.05, 3.63) is 41.7 Å². The Bertz CT molecular complexity index is 281. The number of rotatable bonds is 3. The van der Waals surface area contributed by atoms with Crippen molar-refractivity contribution >= 4 is 6.08 Å². The van der Waals surface area contributed by atoms with Crippen LogP contribution in [0.25, 0.3) is 6.08 Å². The first kappa shape index (κ1) is 8.94. The standard InChI is InChI=1S/C10H11FO/c1-3-8-4-9(7-12-2)6-10(11)5-8/h3-6H,1,7H2,2H3. The Morgan fingerprint density at radius 3 is 2.83 bits per heavy atom. The highest BCUT2D eigenvalue weighted by Crippen LogP contribution is 2.10. The van der Waals surface area contributed by atoms with E-state index < -0.39 is 0 Å². The van der Waals surface area contributed by atoms with Crippen LogP contribution in [0, 0.1) is 5.82 Å². The van der Waals surface area contributed by atoms with Gasteiger partial charge >= 0.3 is 0 Å². The highest BCUT2D eigenvalue weighted by atomic mass is 19.1. The monoisotopic (exact) mass is 166 g/mol. The van der Waals surface area contributed by atoms with Crippen molar-refractivity contribution in [1.82, 2.24) is 0 Å². The second-order valence-corrected chi connectivity index (χ2v) is 2.53. The molecule has 0 bridgehead atoms. The lowest BCUT2D eigenvalue weighted by Gasteiger charge is -2.01. The van der Waals surface area contributed by atoms with Gasteiger partial charge in [0, 0.05) is 7.11 Å². The van der Waals surface area contributed by atoms with Crippen LogP contribution in [0.5, 0.6) is 0 Å². The maximum Gasteiger partial charge on any atom is 0.124 e. The van der Waals surface area contributed by atoms with E-state index in [0.29, 0.717) is 6.61 Å².